The molecule has 0 aliphatic heterocycles. The molecule has 9 heteroatoms. The lowest BCUT2D eigenvalue weighted by Gasteiger charge is -2.24. The highest BCUT2D eigenvalue weighted by atomic mass is 16.5. The van der Waals surface area contributed by atoms with Crippen LogP contribution in [0.1, 0.15) is 31.8 Å². The van der Waals surface area contributed by atoms with Crippen molar-refractivity contribution >= 4 is 34.9 Å². The minimum absolute atomic E-state index is 0.0122. The number of carbonyl (C=O) groups is 4. The maximum atomic E-state index is 13.3. The fourth-order valence-corrected chi connectivity index (χ4v) is 3.39. The van der Waals surface area contributed by atoms with Gasteiger partial charge in [0.05, 0.1) is 16.7 Å². The fraction of sp³-hybridized carbons (Fsp3) is 0.167. The van der Waals surface area contributed by atoms with Crippen LogP contribution in [0.4, 0.5) is 11.4 Å². The predicted octanol–water partition coefficient (Wildman–Crippen LogP) is 2.45. The molecule has 0 heterocycles. The van der Waals surface area contributed by atoms with E-state index in [-0.39, 0.29) is 54.3 Å². The molecule has 9 nitrogen and oxygen atoms in total. The summed E-state index contributed by atoms with van der Waals surface area (Å²) in [6.45, 7) is 7.03. The largest absolute Gasteiger partial charge is 0.507 e. The van der Waals surface area contributed by atoms with E-state index in [4.69, 9.17) is 9.47 Å². The lowest BCUT2D eigenvalue weighted by Crippen LogP contribution is -2.25. The minimum atomic E-state index is -0.583. The average Bonchev–Trinajstić information content (AvgIpc) is 2.82. The number of carbonyl (C=O) groups excluding carboxylic acids is 4. The summed E-state index contributed by atoms with van der Waals surface area (Å²) in [6.07, 6.45) is 2.08. The zero-order chi connectivity index (χ0) is 24.0. The smallest absolute Gasteiger partial charge is 0.330 e. The van der Waals surface area contributed by atoms with Gasteiger partial charge >= 0.3 is 11.9 Å². The van der Waals surface area contributed by atoms with E-state index in [1.54, 1.807) is 12.1 Å². The summed E-state index contributed by atoms with van der Waals surface area (Å²) in [7, 11) is 0. The van der Waals surface area contributed by atoms with Crippen molar-refractivity contribution in [2.75, 3.05) is 36.9 Å². The van der Waals surface area contributed by atoms with Gasteiger partial charge < -0.3 is 25.2 Å². The second-order valence-corrected chi connectivity index (χ2v) is 6.87. The standard InChI is InChI=1S/C24H22N2O7/c1-3-18(28)32-12-10-25-15-8-9-16(26-11-13-33-19(29)4-2)22-21(15)23(30)14-6-5-7-17(27)20(14)24(22)31/h3-9,25-27H,1-2,10-13H2. The first kappa shape index (κ1) is 23.3. The molecule has 0 spiro atoms. The fourth-order valence-electron chi connectivity index (χ4n) is 3.39. The summed E-state index contributed by atoms with van der Waals surface area (Å²) >= 11 is 0. The van der Waals surface area contributed by atoms with Crippen molar-refractivity contribution < 1.29 is 33.8 Å². The summed E-state index contributed by atoms with van der Waals surface area (Å²) in [6, 6.07) is 7.52. The van der Waals surface area contributed by atoms with Gasteiger partial charge in [-0.2, -0.15) is 0 Å². The Balaban J connectivity index is 1.93. The van der Waals surface area contributed by atoms with Crippen LogP contribution in [0.2, 0.25) is 0 Å². The number of phenols is 1. The van der Waals surface area contributed by atoms with Crippen LogP contribution in [0.5, 0.6) is 5.75 Å². The lowest BCUT2D eigenvalue weighted by molar-refractivity contribution is -0.138. The van der Waals surface area contributed by atoms with Crippen molar-refractivity contribution in [1.29, 1.82) is 0 Å². The van der Waals surface area contributed by atoms with Crippen LogP contribution in [0.15, 0.2) is 55.6 Å². The molecular weight excluding hydrogens is 428 g/mol. The number of hydrogen-bond acceptors (Lipinski definition) is 9. The molecule has 0 bridgehead atoms. The summed E-state index contributed by atoms with van der Waals surface area (Å²) in [5, 5.41) is 16.3. The Labute approximate surface area is 189 Å². The van der Waals surface area contributed by atoms with Gasteiger partial charge in [-0.1, -0.05) is 25.3 Å². The Hall–Kier alpha value is -4.40. The van der Waals surface area contributed by atoms with Gasteiger partial charge in [0.25, 0.3) is 0 Å². The first-order valence-electron chi connectivity index (χ1n) is 10.0. The summed E-state index contributed by atoms with van der Waals surface area (Å²) < 4.78 is 9.86. The second-order valence-electron chi connectivity index (χ2n) is 6.87. The van der Waals surface area contributed by atoms with Gasteiger partial charge in [0.1, 0.15) is 19.0 Å². The maximum absolute atomic E-state index is 13.3. The van der Waals surface area contributed by atoms with E-state index in [0.717, 1.165) is 12.2 Å². The number of anilines is 2. The number of fused-ring (bicyclic) bond motifs is 2. The number of esters is 2. The monoisotopic (exact) mass is 450 g/mol. The van der Waals surface area contributed by atoms with Crippen LogP contribution in [-0.4, -0.2) is 54.9 Å². The van der Waals surface area contributed by atoms with E-state index in [0.29, 0.717) is 11.4 Å². The number of rotatable bonds is 10. The van der Waals surface area contributed by atoms with Crippen LogP contribution in [0, 0.1) is 0 Å². The van der Waals surface area contributed by atoms with Crippen molar-refractivity contribution in [2.24, 2.45) is 0 Å². The van der Waals surface area contributed by atoms with Crippen molar-refractivity contribution in [2.45, 2.75) is 0 Å². The molecule has 0 fully saturated rings. The maximum Gasteiger partial charge on any atom is 0.330 e. The molecule has 170 valence electrons. The quantitative estimate of drug-likeness (QED) is 0.242. The zero-order valence-corrected chi connectivity index (χ0v) is 17.7. The van der Waals surface area contributed by atoms with Crippen LogP contribution < -0.4 is 10.6 Å². The third-order valence-corrected chi connectivity index (χ3v) is 4.83. The highest BCUT2D eigenvalue weighted by Crippen LogP contribution is 2.39. The number of ether oxygens (including phenoxy) is 2. The first-order valence-corrected chi connectivity index (χ1v) is 10.0. The molecular formula is C24H22N2O7. The van der Waals surface area contributed by atoms with Gasteiger partial charge in [-0.15, -0.1) is 0 Å². The SMILES string of the molecule is C=CC(=O)OCCNc1ccc(NCCOC(=O)C=C)c2c1C(=O)c1cccc(O)c1C2=O. The molecule has 3 rings (SSSR count). The van der Waals surface area contributed by atoms with Crippen LogP contribution in [0.25, 0.3) is 0 Å². The average molecular weight is 450 g/mol. The highest BCUT2D eigenvalue weighted by Gasteiger charge is 2.35. The third kappa shape index (κ3) is 4.93. The minimum Gasteiger partial charge on any atom is -0.507 e. The number of aromatic hydroxyl groups is 1. The molecule has 0 atom stereocenters. The van der Waals surface area contributed by atoms with E-state index in [1.165, 1.54) is 18.2 Å². The number of nitrogens with one attached hydrogen (secondary N) is 2. The van der Waals surface area contributed by atoms with Crippen LogP contribution in [-0.2, 0) is 19.1 Å². The second kappa shape index (κ2) is 10.3. The number of hydrogen-bond donors (Lipinski definition) is 3. The van der Waals surface area contributed by atoms with E-state index in [2.05, 4.69) is 23.8 Å². The van der Waals surface area contributed by atoms with Gasteiger partial charge in [0, 0.05) is 42.2 Å². The molecule has 0 amide bonds. The molecule has 2 aromatic carbocycles. The Morgan fingerprint density at radius 2 is 1.33 bits per heavy atom. The molecule has 1 aliphatic rings. The number of ketones is 2. The lowest BCUT2D eigenvalue weighted by atomic mass is 9.81. The molecule has 0 radical (unpaired) electrons. The summed E-state index contributed by atoms with van der Waals surface area (Å²) in [4.78, 5) is 49.1. The summed E-state index contributed by atoms with van der Waals surface area (Å²) in [5.74, 6) is -2.42. The summed E-state index contributed by atoms with van der Waals surface area (Å²) in [5.41, 5.74) is 0.934. The van der Waals surface area contributed by atoms with Gasteiger partial charge in [-0.05, 0) is 18.2 Å². The topological polar surface area (TPSA) is 131 Å². The van der Waals surface area contributed by atoms with Crippen LogP contribution >= 0.6 is 0 Å². The predicted molar refractivity (Wildman–Crippen MR) is 121 cm³/mol. The van der Waals surface area contributed by atoms with E-state index >= 15 is 0 Å². The molecule has 3 N–H and O–H groups in total. The molecule has 2 aromatic rings. The first-order chi connectivity index (χ1) is 15.9. The van der Waals surface area contributed by atoms with Crippen molar-refractivity contribution in [3.63, 3.8) is 0 Å². The van der Waals surface area contributed by atoms with Crippen LogP contribution in [0.3, 0.4) is 0 Å². The Kier molecular flexibility index (Phi) is 7.24. The van der Waals surface area contributed by atoms with Gasteiger partial charge in [-0.25, -0.2) is 9.59 Å². The number of benzene rings is 2. The van der Waals surface area contributed by atoms with E-state index < -0.39 is 23.5 Å². The van der Waals surface area contributed by atoms with E-state index in [9.17, 15) is 24.3 Å². The Morgan fingerprint density at radius 1 is 0.818 bits per heavy atom. The Morgan fingerprint density at radius 3 is 1.85 bits per heavy atom. The normalized spacial score (nSPS) is 11.6. The molecule has 1 aliphatic carbocycles. The number of phenolic OH excluding ortho intramolecular Hbond substituents is 1. The van der Waals surface area contributed by atoms with Gasteiger partial charge in [-0.3, -0.25) is 9.59 Å². The Bertz CT molecular complexity index is 1150. The van der Waals surface area contributed by atoms with Crippen molar-refractivity contribution in [3.8, 4) is 5.75 Å². The zero-order valence-electron chi connectivity index (χ0n) is 17.7. The van der Waals surface area contributed by atoms with Crippen molar-refractivity contribution in [3.05, 3.63) is 77.9 Å². The van der Waals surface area contributed by atoms with E-state index in [1.807, 2.05) is 0 Å². The molecule has 0 unspecified atom stereocenters. The highest BCUT2D eigenvalue weighted by molar-refractivity contribution is 6.32. The van der Waals surface area contributed by atoms with Gasteiger partial charge in [0.15, 0.2) is 11.6 Å². The molecule has 0 aromatic heterocycles. The van der Waals surface area contributed by atoms with Crippen molar-refractivity contribution in [1.82, 2.24) is 0 Å². The molecule has 33 heavy (non-hydrogen) atoms. The third-order valence-electron chi connectivity index (χ3n) is 4.83. The van der Waals surface area contributed by atoms with Gasteiger partial charge in [0.2, 0.25) is 0 Å². The molecule has 0 saturated heterocycles. The molecule has 0 saturated carbocycles.